The van der Waals surface area contributed by atoms with Gasteiger partial charge in [-0.1, -0.05) is 50.3 Å². The van der Waals surface area contributed by atoms with Crippen LogP contribution in [0.4, 0.5) is 0 Å². The largest absolute Gasteiger partial charge is 0.382 e. The molecular formula is C29H36N6O. The van der Waals surface area contributed by atoms with Gasteiger partial charge in [0, 0.05) is 57.0 Å². The second-order valence-electron chi connectivity index (χ2n) is 9.64. The van der Waals surface area contributed by atoms with Gasteiger partial charge in [0.25, 0.3) is 5.91 Å². The summed E-state index contributed by atoms with van der Waals surface area (Å²) in [4.78, 5) is 26.9. The van der Waals surface area contributed by atoms with Gasteiger partial charge in [-0.05, 0) is 36.5 Å². The molecule has 4 rings (SSSR count). The van der Waals surface area contributed by atoms with Crippen LogP contribution in [-0.2, 0) is 0 Å². The number of allylic oxidation sites excluding steroid dienone is 3. The van der Waals surface area contributed by atoms with Crippen molar-refractivity contribution in [2.45, 2.75) is 20.3 Å². The Balaban J connectivity index is 1.55. The zero-order valence-corrected chi connectivity index (χ0v) is 21.6. The highest BCUT2D eigenvalue weighted by molar-refractivity contribution is 6.01. The van der Waals surface area contributed by atoms with E-state index in [4.69, 9.17) is 0 Å². The number of hydrogen-bond acceptors (Lipinski definition) is 6. The van der Waals surface area contributed by atoms with Crippen molar-refractivity contribution in [3.63, 3.8) is 0 Å². The Bertz CT molecular complexity index is 1180. The fraction of sp³-hybridized carbons (Fsp3) is 0.345. The molecule has 1 unspecified atom stereocenters. The minimum absolute atomic E-state index is 0.151. The molecule has 1 aromatic heterocycles. The molecule has 1 aliphatic carbocycles. The average Bonchev–Trinajstić information content (AvgIpc) is 2.92. The zero-order valence-electron chi connectivity index (χ0n) is 21.6. The summed E-state index contributed by atoms with van der Waals surface area (Å²) < 4.78 is 0. The fourth-order valence-electron chi connectivity index (χ4n) is 4.42. The molecule has 0 saturated heterocycles. The lowest BCUT2D eigenvalue weighted by molar-refractivity contribution is 0.0965. The van der Waals surface area contributed by atoms with E-state index in [9.17, 15) is 4.79 Å². The van der Waals surface area contributed by atoms with Crippen LogP contribution in [0.2, 0.25) is 0 Å². The minimum Gasteiger partial charge on any atom is -0.382 e. The van der Waals surface area contributed by atoms with Crippen LogP contribution in [0, 0.1) is 11.8 Å². The normalized spacial score (nSPS) is 17.0. The third kappa shape index (κ3) is 6.03. The number of aliphatic imine (C=N–C) groups is 1. The number of carbonyl (C=O) groups excluding carboxylic acids is 1. The highest BCUT2D eigenvalue weighted by Crippen LogP contribution is 2.30. The van der Waals surface area contributed by atoms with Crippen LogP contribution in [0.3, 0.4) is 0 Å². The molecule has 7 heteroatoms. The number of nitrogens with zero attached hydrogens (tertiary/aromatic N) is 4. The van der Waals surface area contributed by atoms with Crippen LogP contribution in [0.25, 0.3) is 11.3 Å². The van der Waals surface area contributed by atoms with Gasteiger partial charge in [-0.2, -0.15) is 0 Å². The van der Waals surface area contributed by atoms with E-state index in [0.29, 0.717) is 23.1 Å². The van der Waals surface area contributed by atoms with E-state index >= 15 is 0 Å². The van der Waals surface area contributed by atoms with Crippen molar-refractivity contribution in [1.82, 2.24) is 25.4 Å². The number of carbonyl (C=O) groups is 1. The van der Waals surface area contributed by atoms with E-state index < -0.39 is 0 Å². The number of amidine groups is 1. The Morgan fingerprint density at radius 1 is 1.11 bits per heavy atom. The molecule has 1 aliphatic heterocycles. The van der Waals surface area contributed by atoms with Gasteiger partial charge in [0.2, 0.25) is 0 Å². The number of likely N-dealkylation sites (N-methyl/N-ethyl adjacent to an activating group) is 2. The third-order valence-corrected chi connectivity index (χ3v) is 6.80. The van der Waals surface area contributed by atoms with Crippen LogP contribution in [0.15, 0.2) is 89.6 Å². The molecule has 36 heavy (non-hydrogen) atoms. The quantitative estimate of drug-likeness (QED) is 0.586. The number of aromatic nitrogens is 1. The first-order chi connectivity index (χ1) is 17.4. The minimum atomic E-state index is -0.151. The van der Waals surface area contributed by atoms with Crippen LogP contribution < -0.4 is 10.6 Å². The monoisotopic (exact) mass is 484 g/mol. The average molecular weight is 485 g/mol. The van der Waals surface area contributed by atoms with Crippen molar-refractivity contribution in [3.8, 4) is 11.3 Å². The molecule has 2 aromatic rings. The predicted molar refractivity (Wildman–Crippen MR) is 146 cm³/mol. The summed E-state index contributed by atoms with van der Waals surface area (Å²) in [7, 11) is 4.17. The Hall–Kier alpha value is -3.87. The highest BCUT2D eigenvalue weighted by Gasteiger charge is 2.24. The van der Waals surface area contributed by atoms with Gasteiger partial charge < -0.3 is 20.4 Å². The summed E-state index contributed by atoms with van der Waals surface area (Å²) >= 11 is 0. The van der Waals surface area contributed by atoms with Crippen molar-refractivity contribution in [3.05, 3.63) is 90.2 Å². The SMILES string of the molecule is CC(C)C1C=CC(NC(=O)c2cccnc2-c2ccccc2)=C(N(C)CCN(C)C2=NC=CNC2)C1. The Labute approximate surface area is 214 Å². The van der Waals surface area contributed by atoms with Crippen molar-refractivity contribution in [2.24, 2.45) is 16.8 Å². The van der Waals surface area contributed by atoms with E-state index in [1.165, 1.54) is 0 Å². The molecule has 7 nitrogen and oxygen atoms in total. The van der Waals surface area contributed by atoms with Crippen molar-refractivity contribution in [1.29, 1.82) is 0 Å². The molecule has 188 valence electrons. The topological polar surface area (TPSA) is 72.9 Å². The Kier molecular flexibility index (Phi) is 8.21. The molecule has 2 N–H and O–H groups in total. The molecule has 1 amide bonds. The molecule has 0 spiro atoms. The van der Waals surface area contributed by atoms with Crippen molar-refractivity contribution in [2.75, 3.05) is 33.7 Å². The lowest BCUT2D eigenvalue weighted by Gasteiger charge is -2.33. The highest BCUT2D eigenvalue weighted by atomic mass is 16.1. The first-order valence-corrected chi connectivity index (χ1v) is 12.5. The number of hydrogen-bond donors (Lipinski definition) is 2. The van der Waals surface area contributed by atoms with Crippen molar-refractivity contribution >= 4 is 11.7 Å². The molecular weight excluding hydrogens is 448 g/mol. The van der Waals surface area contributed by atoms with Gasteiger partial charge in [0.05, 0.1) is 23.5 Å². The molecule has 0 bridgehead atoms. The number of pyridine rings is 1. The maximum Gasteiger partial charge on any atom is 0.257 e. The molecule has 2 heterocycles. The van der Waals surface area contributed by atoms with Crippen LogP contribution >= 0.6 is 0 Å². The maximum atomic E-state index is 13.5. The second-order valence-corrected chi connectivity index (χ2v) is 9.64. The lowest BCUT2D eigenvalue weighted by atomic mass is 9.86. The number of nitrogens with one attached hydrogen (secondary N) is 2. The molecule has 0 radical (unpaired) electrons. The predicted octanol–water partition coefficient (Wildman–Crippen LogP) is 4.26. The van der Waals surface area contributed by atoms with Gasteiger partial charge in [0.1, 0.15) is 5.84 Å². The van der Waals surface area contributed by atoms with E-state index in [1.807, 2.05) is 48.7 Å². The number of benzene rings is 1. The van der Waals surface area contributed by atoms with Crippen LogP contribution in [-0.4, -0.2) is 60.3 Å². The second kappa shape index (κ2) is 11.7. The molecule has 2 aliphatic rings. The van der Waals surface area contributed by atoms with E-state index in [-0.39, 0.29) is 5.91 Å². The van der Waals surface area contributed by atoms with Crippen molar-refractivity contribution < 1.29 is 4.79 Å². The lowest BCUT2D eigenvalue weighted by Crippen LogP contribution is -2.40. The van der Waals surface area contributed by atoms with Gasteiger partial charge in [-0.25, -0.2) is 4.99 Å². The summed E-state index contributed by atoms with van der Waals surface area (Å²) in [6.45, 7) is 6.86. The van der Waals surface area contributed by atoms with Crippen LogP contribution in [0.5, 0.6) is 0 Å². The summed E-state index contributed by atoms with van der Waals surface area (Å²) in [5, 5.41) is 6.41. The van der Waals surface area contributed by atoms with E-state index in [2.05, 4.69) is 70.5 Å². The van der Waals surface area contributed by atoms with Gasteiger partial charge in [-0.3, -0.25) is 9.78 Å². The zero-order chi connectivity index (χ0) is 25.5. The summed E-state index contributed by atoms with van der Waals surface area (Å²) in [5.74, 6) is 1.81. The van der Waals surface area contributed by atoms with E-state index in [0.717, 1.165) is 48.8 Å². The molecule has 1 atom stereocenters. The Morgan fingerprint density at radius 2 is 1.89 bits per heavy atom. The fourth-order valence-corrected chi connectivity index (χ4v) is 4.42. The molecule has 1 aromatic carbocycles. The Morgan fingerprint density at radius 3 is 2.61 bits per heavy atom. The first-order valence-electron chi connectivity index (χ1n) is 12.5. The third-order valence-electron chi connectivity index (χ3n) is 6.80. The van der Waals surface area contributed by atoms with Gasteiger partial charge in [0.15, 0.2) is 0 Å². The molecule has 0 saturated carbocycles. The number of amides is 1. The number of rotatable bonds is 8. The standard InChI is InChI=1S/C29H36N6O/c1-21(2)23-12-13-25(26(19-23)34(3)17-18-35(4)27-20-30-15-16-31-27)33-29(36)24-11-8-14-32-28(24)22-9-6-5-7-10-22/h5-16,21,23,30H,17-20H2,1-4H3,(H,33,36). The van der Waals surface area contributed by atoms with Gasteiger partial charge in [-0.15, -0.1) is 0 Å². The maximum absolute atomic E-state index is 13.5. The summed E-state index contributed by atoms with van der Waals surface area (Å²) in [6.07, 6.45) is 10.5. The van der Waals surface area contributed by atoms with E-state index in [1.54, 1.807) is 12.4 Å². The first kappa shape index (κ1) is 25.2. The summed E-state index contributed by atoms with van der Waals surface area (Å²) in [5.41, 5.74) is 4.17. The van der Waals surface area contributed by atoms with Crippen LogP contribution in [0.1, 0.15) is 30.6 Å². The smallest absolute Gasteiger partial charge is 0.257 e. The summed E-state index contributed by atoms with van der Waals surface area (Å²) in [6, 6.07) is 13.5. The van der Waals surface area contributed by atoms with Gasteiger partial charge >= 0.3 is 0 Å². The molecule has 0 fully saturated rings.